The van der Waals surface area contributed by atoms with E-state index >= 15 is 4.39 Å². The van der Waals surface area contributed by atoms with Crippen molar-refractivity contribution in [3.63, 3.8) is 0 Å². The van der Waals surface area contributed by atoms with Crippen LogP contribution in [0.15, 0.2) is 24.9 Å². The largest absolute Gasteiger partial charge is 0.494 e. The lowest BCUT2D eigenvalue weighted by Crippen LogP contribution is -2.58. The molecule has 5 rings (SSSR count). The molecular formula is C30H36F6N8O3. The van der Waals surface area contributed by atoms with Crippen LogP contribution in [0.2, 0.25) is 0 Å². The summed E-state index contributed by atoms with van der Waals surface area (Å²) in [7, 11) is 3.27. The molecule has 2 fully saturated rings. The number of methoxy groups -OCH3 is 1. The number of urea groups is 1. The average molecular weight is 671 g/mol. The van der Waals surface area contributed by atoms with Crippen molar-refractivity contribution in [2.45, 2.75) is 63.3 Å². The Morgan fingerprint density at radius 2 is 1.83 bits per heavy atom. The predicted octanol–water partition coefficient (Wildman–Crippen LogP) is 5.51. The standard InChI is InChI=1S/C30H36F6N8O3/c1-5-22(45)38-24-20(42-12-10-41(3)11-13-42)14-21(47-4)25(23(24)31)39-27-37-15-18-16-43(17(2)30(34,35)36)28(46)44(26(18)40-27)19-6-8-29(32,33)9-7-19/h5,14-15,17,19H,1,6-13,16H2,2-4H3,(H,38,45)(H,37,39,40)/t17-/m0/s1. The number of nitrogens with zero attached hydrogens (tertiary/aromatic N) is 6. The number of halogens is 6. The molecule has 1 aromatic heterocycles. The fourth-order valence-corrected chi connectivity index (χ4v) is 5.94. The van der Waals surface area contributed by atoms with E-state index in [0.29, 0.717) is 36.8 Å². The van der Waals surface area contributed by atoms with Crippen LogP contribution in [-0.4, -0.2) is 96.2 Å². The predicted molar refractivity (Wildman–Crippen MR) is 163 cm³/mol. The number of fused-ring (bicyclic) bond motifs is 1. The first-order valence-electron chi connectivity index (χ1n) is 15.1. The molecule has 0 unspecified atom stereocenters. The Morgan fingerprint density at radius 1 is 1.17 bits per heavy atom. The zero-order chi connectivity index (χ0) is 34.3. The first-order chi connectivity index (χ1) is 22.1. The van der Waals surface area contributed by atoms with Gasteiger partial charge in [-0.2, -0.15) is 18.2 Å². The van der Waals surface area contributed by atoms with Crippen molar-refractivity contribution in [2.24, 2.45) is 0 Å². The molecule has 3 aliphatic rings. The lowest BCUT2D eigenvalue weighted by molar-refractivity contribution is -0.172. The first-order valence-corrected chi connectivity index (χ1v) is 15.1. The smallest absolute Gasteiger partial charge is 0.408 e. The maximum absolute atomic E-state index is 16.4. The summed E-state index contributed by atoms with van der Waals surface area (Å²) in [6, 6.07) is -2.52. The SMILES string of the molecule is C=CC(=O)Nc1c(N2CCN(C)CC2)cc(OC)c(Nc2ncc3c(n2)N(C2CCC(F)(F)CC2)C(=O)N([C@@H](C)C(F)(F)F)C3)c1F. The van der Waals surface area contributed by atoms with Crippen LogP contribution in [0, 0.1) is 5.82 Å². The highest BCUT2D eigenvalue weighted by molar-refractivity contribution is 6.02. The van der Waals surface area contributed by atoms with Crippen molar-refractivity contribution in [1.82, 2.24) is 19.8 Å². The Balaban J connectivity index is 1.55. The van der Waals surface area contributed by atoms with Crippen LogP contribution in [0.25, 0.3) is 0 Å². The van der Waals surface area contributed by atoms with E-state index in [0.717, 1.165) is 17.9 Å². The molecule has 256 valence electrons. The summed E-state index contributed by atoms with van der Waals surface area (Å²) in [5, 5.41) is 5.26. The summed E-state index contributed by atoms with van der Waals surface area (Å²) in [5.74, 6) is -4.82. The van der Waals surface area contributed by atoms with Crippen LogP contribution in [0.3, 0.4) is 0 Å². The third-order valence-corrected chi connectivity index (χ3v) is 8.80. The van der Waals surface area contributed by atoms with Gasteiger partial charge in [0.1, 0.15) is 29.0 Å². The summed E-state index contributed by atoms with van der Waals surface area (Å²) in [6.45, 7) is 6.26. The molecule has 11 nitrogen and oxygen atoms in total. The summed E-state index contributed by atoms with van der Waals surface area (Å²) in [6.07, 6.45) is -3.98. The van der Waals surface area contributed by atoms with Gasteiger partial charge in [0.25, 0.3) is 0 Å². The number of piperazine rings is 1. The Labute approximate surface area is 267 Å². The van der Waals surface area contributed by atoms with E-state index in [4.69, 9.17) is 4.74 Å². The number of likely N-dealkylation sites (N-methyl/N-ethyl adjacent to an activating group) is 1. The van der Waals surface area contributed by atoms with Gasteiger partial charge >= 0.3 is 12.2 Å². The monoisotopic (exact) mass is 670 g/mol. The molecule has 1 aliphatic carbocycles. The number of nitrogens with one attached hydrogen (secondary N) is 2. The van der Waals surface area contributed by atoms with Crippen molar-refractivity contribution in [2.75, 3.05) is 60.8 Å². The van der Waals surface area contributed by atoms with E-state index in [9.17, 15) is 31.5 Å². The van der Waals surface area contributed by atoms with Crippen LogP contribution >= 0.6 is 0 Å². The maximum Gasteiger partial charge on any atom is 0.408 e. The Hall–Kier alpha value is -4.28. The number of carbonyl (C=O) groups excluding carboxylic acids is 2. The van der Waals surface area contributed by atoms with E-state index in [2.05, 4.69) is 32.1 Å². The van der Waals surface area contributed by atoms with Crippen LogP contribution < -0.4 is 25.2 Å². The number of rotatable bonds is 8. The fourth-order valence-electron chi connectivity index (χ4n) is 5.94. The van der Waals surface area contributed by atoms with Crippen LogP contribution in [-0.2, 0) is 11.3 Å². The maximum atomic E-state index is 16.4. The molecule has 1 saturated heterocycles. The zero-order valence-corrected chi connectivity index (χ0v) is 26.1. The summed E-state index contributed by atoms with van der Waals surface area (Å²) >= 11 is 0. The van der Waals surface area contributed by atoms with Gasteiger partial charge in [0, 0.05) is 62.9 Å². The summed E-state index contributed by atoms with van der Waals surface area (Å²) in [4.78, 5) is 40.1. The molecule has 3 heterocycles. The molecule has 17 heteroatoms. The van der Waals surface area contributed by atoms with Gasteiger partial charge in [0.15, 0.2) is 5.82 Å². The third-order valence-electron chi connectivity index (χ3n) is 8.80. The number of aromatic nitrogens is 2. The van der Waals surface area contributed by atoms with Gasteiger partial charge in [0.05, 0.1) is 19.3 Å². The number of hydrogen-bond donors (Lipinski definition) is 2. The highest BCUT2D eigenvalue weighted by Gasteiger charge is 2.48. The number of ether oxygens (including phenoxy) is 1. The van der Waals surface area contributed by atoms with Gasteiger partial charge in [-0.25, -0.2) is 22.9 Å². The van der Waals surface area contributed by atoms with Crippen molar-refractivity contribution >= 4 is 40.8 Å². The van der Waals surface area contributed by atoms with Crippen molar-refractivity contribution in [1.29, 1.82) is 0 Å². The number of hydrogen-bond acceptors (Lipinski definition) is 8. The molecule has 1 atom stereocenters. The summed E-state index contributed by atoms with van der Waals surface area (Å²) in [5.41, 5.74) is 0.102. The van der Waals surface area contributed by atoms with E-state index in [1.807, 2.05) is 11.9 Å². The van der Waals surface area contributed by atoms with Crippen molar-refractivity contribution in [3.8, 4) is 5.75 Å². The molecule has 0 bridgehead atoms. The minimum Gasteiger partial charge on any atom is -0.494 e. The Bertz CT molecular complexity index is 1520. The zero-order valence-electron chi connectivity index (χ0n) is 26.1. The second-order valence-corrected chi connectivity index (χ2v) is 11.9. The second-order valence-electron chi connectivity index (χ2n) is 11.9. The minimum absolute atomic E-state index is 0.0296. The van der Waals surface area contributed by atoms with Crippen molar-refractivity contribution in [3.05, 3.63) is 36.3 Å². The van der Waals surface area contributed by atoms with Gasteiger partial charge in [0.2, 0.25) is 17.8 Å². The van der Waals surface area contributed by atoms with Crippen LogP contribution in [0.4, 0.5) is 60.0 Å². The molecule has 0 radical (unpaired) electrons. The molecule has 2 aromatic rings. The molecule has 0 spiro atoms. The van der Waals surface area contributed by atoms with E-state index in [-0.39, 0.29) is 47.3 Å². The van der Waals surface area contributed by atoms with Gasteiger partial charge in [-0.1, -0.05) is 6.58 Å². The second kappa shape index (κ2) is 13.1. The molecule has 2 N–H and O–H groups in total. The molecule has 2 aliphatic heterocycles. The number of amides is 3. The topological polar surface area (TPSA) is 106 Å². The molecular weight excluding hydrogens is 634 g/mol. The number of anilines is 5. The van der Waals surface area contributed by atoms with Gasteiger partial charge in [-0.15, -0.1) is 0 Å². The molecule has 3 amide bonds. The fraction of sp³-hybridized carbons (Fsp3) is 0.533. The average Bonchev–Trinajstić information content (AvgIpc) is 3.02. The van der Waals surface area contributed by atoms with Gasteiger partial charge in [-0.05, 0) is 32.9 Å². The molecule has 1 saturated carbocycles. The normalized spacial score (nSPS) is 19.7. The van der Waals surface area contributed by atoms with Gasteiger partial charge in [-0.3, -0.25) is 9.69 Å². The van der Waals surface area contributed by atoms with E-state index in [1.165, 1.54) is 13.3 Å². The highest BCUT2D eigenvalue weighted by atomic mass is 19.4. The Morgan fingerprint density at radius 3 is 2.43 bits per heavy atom. The lowest BCUT2D eigenvalue weighted by Gasteiger charge is -2.44. The van der Waals surface area contributed by atoms with Crippen LogP contribution in [0.1, 0.15) is 38.2 Å². The van der Waals surface area contributed by atoms with Crippen molar-refractivity contribution < 1.29 is 40.7 Å². The first kappa shape index (κ1) is 34.1. The number of benzene rings is 1. The van der Waals surface area contributed by atoms with E-state index in [1.54, 1.807) is 6.07 Å². The quantitative estimate of drug-likeness (QED) is 0.280. The van der Waals surface area contributed by atoms with E-state index < -0.39 is 61.3 Å². The molecule has 47 heavy (non-hydrogen) atoms. The minimum atomic E-state index is -4.75. The number of carbonyl (C=O) groups is 2. The lowest BCUT2D eigenvalue weighted by atomic mass is 9.90. The summed E-state index contributed by atoms with van der Waals surface area (Å²) < 4.78 is 91.1. The molecule has 1 aromatic carbocycles. The number of alkyl halides is 5. The van der Waals surface area contributed by atoms with Gasteiger partial charge < -0.3 is 30.1 Å². The highest BCUT2D eigenvalue weighted by Crippen LogP contribution is 2.44. The van der Waals surface area contributed by atoms with Crippen LogP contribution in [0.5, 0.6) is 5.75 Å². The third kappa shape index (κ3) is 7.04. The Kier molecular flexibility index (Phi) is 9.48.